The van der Waals surface area contributed by atoms with Gasteiger partial charge in [0.1, 0.15) is 18.1 Å². The van der Waals surface area contributed by atoms with Gasteiger partial charge in [0, 0.05) is 7.05 Å². The molecule has 96 valence electrons. The van der Waals surface area contributed by atoms with Crippen LogP contribution in [0.2, 0.25) is 0 Å². The van der Waals surface area contributed by atoms with E-state index in [-0.39, 0.29) is 0 Å². The van der Waals surface area contributed by atoms with Crippen molar-refractivity contribution >= 4 is 0 Å². The van der Waals surface area contributed by atoms with E-state index < -0.39 is 0 Å². The Morgan fingerprint density at radius 3 is 2.76 bits per heavy atom. The topological polar surface area (TPSA) is 46.9 Å². The molecule has 0 radical (unpaired) electrons. The first-order valence-corrected chi connectivity index (χ1v) is 6.13. The average Bonchev–Trinajstić information content (AvgIpc) is 2.79. The Morgan fingerprint density at radius 2 is 2.00 bits per heavy atom. The number of furan rings is 1. The molecular formula is C12H20N2O3. The van der Waals surface area contributed by atoms with E-state index in [0.717, 1.165) is 18.1 Å². The minimum Gasteiger partial charge on any atom is -0.462 e. The molecule has 0 atom stereocenters. The lowest BCUT2D eigenvalue weighted by Crippen LogP contribution is -2.28. The molecule has 17 heavy (non-hydrogen) atoms. The van der Waals surface area contributed by atoms with Gasteiger partial charge in [-0.2, -0.15) is 5.48 Å². The Balaban J connectivity index is 1.76. The molecule has 1 saturated heterocycles. The number of likely N-dealkylation sites (tertiary alicyclic amines) is 1. The van der Waals surface area contributed by atoms with Gasteiger partial charge in [0.05, 0.1) is 6.54 Å². The standard InChI is InChI=1S/C12H20N2O3/c1-13-17-15-10-12-6-5-11(16-12)9-14-7-3-2-4-8-14/h5-6,13H,2-4,7-10H2,1H3. The predicted octanol–water partition coefficient (Wildman–Crippen LogP) is 1.85. The van der Waals surface area contributed by atoms with E-state index in [4.69, 9.17) is 9.30 Å². The third-order valence-electron chi connectivity index (χ3n) is 2.89. The lowest BCUT2D eigenvalue weighted by molar-refractivity contribution is -0.342. The summed E-state index contributed by atoms with van der Waals surface area (Å²) in [6.07, 6.45) is 3.95. The van der Waals surface area contributed by atoms with Gasteiger partial charge in [-0.25, -0.2) is 4.89 Å². The third-order valence-corrected chi connectivity index (χ3v) is 2.89. The monoisotopic (exact) mass is 240 g/mol. The summed E-state index contributed by atoms with van der Waals surface area (Å²) in [5, 5.41) is 0. The zero-order valence-corrected chi connectivity index (χ0v) is 10.3. The van der Waals surface area contributed by atoms with Crippen molar-refractivity contribution in [3.8, 4) is 0 Å². The van der Waals surface area contributed by atoms with Gasteiger partial charge < -0.3 is 4.42 Å². The van der Waals surface area contributed by atoms with Crippen molar-refractivity contribution in [1.29, 1.82) is 0 Å². The number of hydrogen-bond donors (Lipinski definition) is 1. The summed E-state index contributed by atoms with van der Waals surface area (Å²) >= 11 is 0. The highest BCUT2D eigenvalue weighted by molar-refractivity contribution is 5.06. The van der Waals surface area contributed by atoms with Gasteiger partial charge >= 0.3 is 0 Å². The fraction of sp³-hybridized carbons (Fsp3) is 0.667. The number of piperidine rings is 1. The minimum atomic E-state index is 0.320. The van der Waals surface area contributed by atoms with Crippen LogP contribution in [0.1, 0.15) is 30.8 Å². The van der Waals surface area contributed by atoms with Crippen LogP contribution >= 0.6 is 0 Å². The van der Waals surface area contributed by atoms with E-state index >= 15 is 0 Å². The van der Waals surface area contributed by atoms with E-state index in [2.05, 4.69) is 15.4 Å². The fourth-order valence-corrected chi connectivity index (χ4v) is 2.07. The minimum absolute atomic E-state index is 0.320. The van der Waals surface area contributed by atoms with Crippen LogP contribution in [0.4, 0.5) is 0 Å². The van der Waals surface area contributed by atoms with Gasteiger partial charge in [0.25, 0.3) is 0 Å². The normalized spacial score (nSPS) is 17.5. The van der Waals surface area contributed by atoms with Crippen LogP contribution in [0, 0.1) is 0 Å². The van der Waals surface area contributed by atoms with E-state index in [0.29, 0.717) is 6.61 Å². The molecule has 5 nitrogen and oxygen atoms in total. The number of hydrogen-bond acceptors (Lipinski definition) is 5. The maximum absolute atomic E-state index is 5.66. The van der Waals surface area contributed by atoms with E-state index in [1.165, 1.54) is 32.4 Å². The Hall–Kier alpha value is -0.880. The molecule has 0 spiro atoms. The second-order valence-electron chi connectivity index (χ2n) is 4.25. The number of nitrogens with one attached hydrogen (secondary N) is 1. The van der Waals surface area contributed by atoms with Crippen LogP contribution in [-0.2, 0) is 23.0 Å². The molecule has 0 aromatic carbocycles. The molecule has 0 saturated carbocycles. The molecule has 5 heteroatoms. The molecule has 1 aromatic heterocycles. The van der Waals surface area contributed by atoms with Crippen molar-refractivity contribution in [3.05, 3.63) is 23.7 Å². The largest absolute Gasteiger partial charge is 0.462 e. The molecule has 2 rings (SSSR count). The fourth-order valence-electron chi connectivity index (χ4n) is 2.07. The molecule has 0 amide bonds. The summed E-state index contributed by atoms with van der Waals surface area (Å²) in [5.74, 6) is 1.78. The van der Waals surface area contributed by atoms with Crippen molar-refractivity contribution in [2.45, 2.75) is 32.4 Å². The van der Waals surface area contributed by atoms with Crippen molar-refractivity contribution in [1.82, 2.24) is 10.4 Å². The highest BCUT2D eigenvalue weighted by Crippen LogP contribution is 2.15. The summed E-state index contributed by atoms with van der Waals surface area (Å²) in [6.45, 7) is 3.57. The zero-order chi connectivity index (χ0) is 11.9. The molecule has 1 aliphatic rings. The smallest absolute Gasteiger partial charge is 0.142 e. The van der Waals surface area contributed by atoms with Crippen LogP contribution in [0.25, 0.3) is 0 Å². The van der Waals surface area contributed by atoms with Gasteiger partial charge in [-0.1, -0.05) is 6.42 Å². The lowest BCUT2D eigenvalue weighted by Gasteiger charge is -2.25. The van der Waals surface area contributed by atoms with Crippen molar-refractivity contribution in [2.24, 2.45) is 0 Å². The van der Waals surface area contributed by atoms with E-state index in [1.54, 1.807) is 7.05 Å². The molecule has 0 unspecified atom stereocenters. The Morgan fingerprint density at radius 1 is 1.24 bits per heavy atom. The second-order valence-corrected chi connectivity index (χ2v) is 4.25. The molecule has 0 bridgehead atoms. The van der Waals surface area contributed by atoms with Gasteiger partial charge in [-0.3, -0.25) is 4.90 Å². The first kappa shape index (κ1) is 12.6. The number of hydroxylamine groups is 1. The van der Waals surface area contributed by atoms with Gasteiger partial charge in [-0.15, -0.1) is 4.99 Å². The van der Waals surface area contributed by atoms with Crippen LogP contribution in [0.5, 0.6) is 0 Å². The summed E-state index contributed by atoms with van der Waals surface area (Å²) in [7, 11) is 1.64. The Labute approximate surface area is 102 Å². The summed E-state index contributed by atoms with van der Waals surface area (Å²) in [4.78, 5) is 11.9. The van der Waals surface area contributed by atoms with Gasteiger partial charge in [0.15, 0.2) is 0 Å². The van der Waals surface area contributed by atoms with E-state index in [9.17, 15) is 0 Å². The van der Waals surface area contributed by atoms with Crippen LogP contribution < -0.4 is 5.48 Å². The average molecular weight is 240 g/mol. The van der Waals surface area contributed by atoms with Crippen LogP contribution in [0.3, 0.4) is 0 Å². The molecule has 2 heterocycles. The van der Waals surface area contributed by atoms with Gasteiger partial charge in [-0.05, 0) is 38.1 Å². The predicted molar refractivity (Wildman–Crippen MR) is 62.8 cm³/mol. The molecular weight excluding hydrogens is 220 g/mol. The summed E-state index contributed by atoms with van der Waals surface area (Å²) < 4.78 is 5.66. The molecule has 1 aliphatic heterocycles. The molecule has 1 N–H and O–H groups in total. The van der Waals surface area contributed by atoms with Crippen LogP contribution in [0.15, 0.2) is 16.5 Å². The van der Waals surface area contributed by atoms with Crippen LogP contribution in [-0.4, -0.2) is 25.0 Å². The molecule has 1 fully saturated rings. The van der Waals surface area contributed by atoms with Crippen molar-refractivity contribution in [2.75, 3.05) is 20.1 Å². The maximum Gasteiger partial charge on any atom is 0.142 e. The summed E-state index contributed by atoms with van der Waals surface area (Å²) in [5.41, 5.74) is 2.44. The first-order chi connectivity index (χ1) is 8.38. The SMILES string of the molecule is CNOOCc1ccc(CN2CCCCC2)o1. The van der Waals surface area contributed by atoms with Gasteiger partial charge in [0.2, 0.25) is 0 Å². The highest BCUT2D eigenvalue weighted by Gasteiger charge is 2.12. The Bertz CT molecular complexity index is 321. The van der Waals surface area contributed by atoms with Crippen molar-refractivity contribution < 1.29 is 14.3 Å². The summed E-state index contributed by atoms with van der Waals surface area (Å²) in [6, 6.07) is 3.94. The highest BCUT2D eigenvalue weighted by atomic mass is 17.3. The zero-order valence-electron chi connectivity index (χ0n) is 10.3. The quantitative estimate of drug-likeness (QED) is 0.467. The maximum atomic E-state index is 5.66. The first-order valence-electron chi connectivity index (χ1n) is 6.13. The van der Waals surface area contributed by atoms with Crippen molar-refractivity contribution in [3.63, 3.8) is 0 Å². The molecule has 0 aliphatic carbocycles. The Kier molecular flexibility index (Phi) is 5.00. The molecule has 1 aromatic rings. The number of rotatable bonds is 6. The lowest BCUT2D eigenvalue weighted by atomic mass is 10.1. The number of nitrogens with zero attached hydrogens (tertiary/aromatic N) is 1. The third kappa shape index (κ3) is 4.12. The second kappa shape index (κ2) is 6.76. The van der Waals surface area contributed by atoms with E-state index in [1.807, 2.05) is 12.1 Å².